The topological polar surface area (TPSA) is 29.9 Å². The highest BCUT2D eigenvalue weighted by molar-refractivity contribution is 7.97. The Hall–Kier alpha value is -1.13. The van der Waals surface area contributed by atoms with Gasteiger partial charge in [0.2, 0.25) is 0 Å². The van der Waals surface area contributed by atoms with Crippen LogP contribution in [0.15, 0.2) is 18.2 Å². The van der Waals surface area contributed by atoms with Gasteiger partial charge in [-0.3, -0.25) is 0 Å². The zero-order valence-corrected chi connectivity index (χ0v) is 12.6. The first kappa shape index (κ1) is 12.9. The van der Waals surface area contributed by atoms with Crippen LogP contribution in [0, 0.1) is 6.92 Å². The molecule has 2 aromatic rings. The van der Waals surface area contributed by atoms with E-state index in [9.17, 15) is 0 Å². The predicted octanol–water partition coefficient (Wildman–Crippen LogP) is 3.67. The van der Waals surface area contributed by atoms with Gasteiger partial charge in [0, 0.05) is 22.9 Å². The molecule has 100 valence electrons. The number of hydrogen-bond donors (Lipinski definition) is 1. The summed E-state index contributed by atoms with van der Waals surface area (Å²) in [5.74, 6) is 2.08. The van der Waals surface area contributed by atoms with Crippen LogP contribution >= 0.6 is 23.4 Å². The van der Waals surface area contributed by atoms with Crippen LogP contribution in [0.1, 0.15) is 16.8 Å². The fourth-order valence-corrected chi connectivity index (χ4v) is 3.08. The molecule has 0 aliphatic carbocycles. The van der Waals surface area contributed by atoms with Crippen molar-refractivity contribution in [2.24, 2.45) is 0 Å². The zero-order chi connectivity index (χ0) is 13.4. The van der Waals surface area contributed by atoms with E-state index >= 15 is 0 Å². The number of thioether (sulfide) groups is 1. The molecule has 3 rings (SSSR count). The summed E-state index contributed by atoms with van der Waals surface area (Å²) in [5.41, 5.74) is 4.65. The van der Waals surface area contributed by atoms with Crippen molar-refractivity contribution in [1.29, 1.82) is 0 Å². The Kier molecular flexibility index (Phi) is 3.46. The number of nitrogens with one attached hydrogen (secondary N) is 1. The van der Waals surface area contributed by atoms with E-state index in [0.29, 0.717) is 0 Å². The maximum Gasteiger partial charge on any atom is 0.133 e. The number of anilines is 1. The molecule has 1 aromatic heterocycles. The zero-order valence-electron chi connectivity index (χ0n) is 11.0. The van der Waals surface area contributed by atoms with Crippen LogP contribution in [-0.4, -0.2) is 22.6 Å². The maximum absolute atomic E-state index is 6.22. The van der Waals surface area contributed by atoms with Gasteiger partial charge in [0.25, 0.3) is 0 Å². The molecular weight excluding hydrogens is 278 g/mol. The van der Waals surface area contributed by atoms with Crippen LogP contribution in [0.4, 0.5) is 5.82 Å². The summed E-state index contributed by atoms with van der Waals surface area (Å²) in [5, 5.41) is 8.95. The van der Waals surface area contributed by atoms with Gasteiger partial charge in [-0.25, -0.2) is 4.68 Å². The van der Waals surface area contributed by atoms with Crippen LogP contribution < -0.4 is 5.32 Å². The molecule has 0 saturated carbocycles. The van der Waals surface area contributed by atoms with E-state index in [2.05, 4.69) is 17.6 Å². The lowest BCUT2D eigenvalue weighted by Gasteiger charge is -2.08. The van der Waals surface area contributed by atoms with Gasteiger partial charge in [0.1, 0.15) is 5.82 Å². The Morgan fingerprint density at radius 3 is 3.05 bits per heavy atom. The van der Waals surface area contributed by atoms with Crippen LogP contribution in [0.5, 0.6) is 0 Å². The van der Waals surface area contributed by atoms with E-state index in [4.69, 9.17) is 16.7 Å². The highest BCUT2D eigenvalue weighted by atomic mass is 35.5. The van der Waals surface area contributed by atoms with Crippen molar-refractivity contribution in [2.45, 2.75) is 19.1 Å². The normalized spacial score (nSPS) is 13.4. The average Bonchev–Trinajstić information content (AvgIpc) is 2.97. The molecule has 0 bridgehead atoms. The second-order valence-corrected chi connectivity index (χ2v) is 6.00. The highest BCUT2D eigenvalue weighted by Crippen LogP contribution is 2.31. The SMILES string of the molecule is CSCc1nn(-c2ccc(C)c(Cl)c2)c2c1CCN2. The Labute approximate surface area is 122 Å². The molecule has 1 aromatic carbocycles. The first-order chi connectivity index (χ1) is 9.20. The molecule has 2 heterocycles. The number of fused-ring (bicyclic) bond motifs is 1. The second-order valence-electron chi connectivity index (χ2n) is 4.73. The molecular formula is C14H16ClN3S. The van der Waals surface area contributed by atoms with Crippen molar-refractivity contribution < 1.29 is 0 Å². The molecule has 0 atom stereocenters. The summed E-state index contributed by atoms with van der Waals surface area (Å²) in [6.07, 6.45) is 3.17. The molecule has 19 heavy (non-hydrogen) atoms. The molecule has 0 saturated heterocycles. The molecule has 0 radical (unpaired) electrons. The Balaban J connectivity index is 2.09. The third-order valence-electron chi connectivity index (χ3n) is 3.42. The van der Waals surface area contributed by atoms with Gasteiger partial charge >= 0.3 is 0 Å². The van der Waals surface area contributed by atoms with Crippen LogP contribution in [0.25, 0.3) is 5.69 Å². The van der Waals surface area contributed by atoms with Crippen molar-refractivity contribution in [3.05, 3.63) is 40.0 Å². The van der Waals surface area contributed by atoms with Gasteiger partial charge in [0.15, 0.2) is 0 Å². The summed E-state index contributed by atoms with van der Waals surface area (Å²) < 4.78 is 1.99. The monoisotopic (exact) mass is 293 g/mol. The number of aromatic nitrogens is 2. The third-order valence-corrected chi connectivity index (χ3v) is 4.38. The van der Waals surface area contributed by atoms with E-state index in [-0.39, 0.29) is 0 Å². The lowest BCUT2D eigenvalue weighted by Crippen LogP contribution is -2.04. The smallest absolute Gasteiger partial charge is 0.133 e. The van der Waals surface area contributed by atoms with Gasteiger partial charge in [-0.2, -0.15) is 16.9 Å². The molecule has 0 spiro atoms. The molecule has 0 amide bonds. The first-order valence-corrected chi connectivity index (χ1v) is 8.08. The van der Waals surface area contributed by atoms with E-state index in [1.54, 1.807) is 11.8 Å². The Morgan fingerprint density at radius 1 is 1.47 bits per heavy atom. The summed E-state index contributed by atoms with van der Waals surface area (Å²) in [6, 6.07) is 6.08. The quantitative estimate of drug-likeness (QED) is 0.936. The fourth-order valence-electron chi connectivity index (χ4n) is 2.40. The number of halogens is 1. The summed E-state index contributed by atoms with van der Waals surface area (Å²) in [7, 11) is 0. The highest BCUT2D eigenvalue weighted by Gasteiger charge is 2.22. The molecule has 3 nitrogen and oxygen atoms in total. The van der Waals surface area contributed by atoms with Gasteiger partial charge in [-0.1, -0.05) is 17.7 Å². The van der Waals surface area contributed by atoms with Crippen LogP contribution in [0.3, 0.4) is 0 Å². The number of nitrogens with zero attached hydrogens (tertiary/aromatic N) is 2. The molecule has 0 unspecified atom stereocenters. The minimum atomic E-state index is 0.783. The van der Waals surface area contributed by atoms with Crippen molar-refractivity contribution in [3.8, 4) is 5.69 Å². The van der Waals surface area contributed by atoms with Crippen molar-refractivity contribution in [1.82, 2.24) is 9.78 Å². The summed E-state index contributed by atoms with van der Waals surface area (Å²) >= 11 is 8.02. The Morgan fingerprint density at radius 2 is 2.32 bits per heavy atom. The Bertz CT molecular complexity index is 621. The number of rotatable bonds is 3. The molecule has 1 N–H and O–H groups in total. The van der Waals surface area contributed by atoms with E-state index in [1.165, 1.54) is 11.3 Å². The third kappa shape index (κ3) is 2.23. The molecule has 1 aliphatic heterocycles. The van der Waals surface area contributed by atoms with Crippen LogP contribution in [0.2, 0.25) is 5.02 Å². The van der Waals surface area contributed by atoms with Gasteiger partial charge in [-0.15, -0.1) is 0 Å². The average molecular weight is 294 g/mol. The summed E-state index contributed by atoms with van der Waals surface area (Å²) in [4.78, 5) is 0. The number of aryl methyl sites for hydroxylation is 1. The molecule has 0 fully saturated rings. The maximum atomic E-state index is 6.22. The van der Waals surface area contributed by atoms with Gasteiger partial charge < -0.3 is 5.32 Å². The van der Waals surface area contributed by atoms with Crippen molar-refractivity contribution in [2.75, 3.05) is 18.1 Å². The van der Waals surface area contributed by atoms with Crippen LogP contribution in [-0.2, 0) is 12.2 Å². The lowest BCUT2D eigenvalue weighted by atomic mass is 10.2. The minimum absolute atomic E-state index is 0.783. The van der Waals surface area contributed by atoms with Gasteiger partial charge in [0.05, 0.1) is 11.4 Å². The number of hydrogen-bond acceptors (Lipinski definition) is 3. The molecule has 1 aliphatic rings. The molecule has 5 heteroatoms. The first-order valence-electron chi connectivity index (χ1n) is 6.31. The predicted molar refractivity (Wildman–Crippen MR) is 82.7 cm³/mol. The second kappa shape index (κ2) is 5.10. The van der Waals surface area contributed by atoms with Crippen molar-refractivity contribution in [3.63, 3.8) is 0 Å². The van der Waals surface area contributed by atoms with Gasteiger partial charge in [-0.05, 0) is 37.3 Å². The van der Waals surface area contributed by atoms with E-state index in [1.807, 2.05) is 23.7 Å². The van der Waals surface area contributed by atoms with E-state index in [0.717, 1.165) is 40.8 Å². The fraction of sp³-hybridized carbons (Fsp3) is 0.357. The minimum Gasteiger partial charge on any atom is -0.369 e. The number of benzene rings is 1. The van der Waals surface area contributed by atoms with E-state index < -0.39 is 0 Å². The largest absolute Gasteiger partial charge is 0.369 e. The standard InChI is InChI=1S/C14H16ClN3S/c1-9-3-4-10(7-12(9)15)18-14-11(5-6-16-14)13(17-18)8-19-2/h3-4,7,16H,5-6,8H2,1-2H3. The lowest BCUT2D eigenvalue weighted by molar-refractivity contribution is 0.853. The summed E-state index contributed by atoms with van der Waals surface area (Å²) in [6.45, 7) is 3.01. The van der Waals surface area contributed by atoms with Crippen molar-refractivity contribution >= 4 is 29.2 Å².